The highest BCUT2D eigenvalue weighted by atomic mass is 19.1. The highest BCUT2D eigenvalue weighted by Crippen LogP contribution is 2.16. The molecule has 0 atom stereocenters. The summed E-state index contributed by atoms with van der Waals surface area (Å²) in [6.07, 6.45) is 0. The van der Waals surface area contributed by atoms with Gasteiger partial charge in [-0.05, 0) is 24.3 Å². The highest BCUT2D eigenvalue weighted by molar-refractivity contribution is 6.05. The Hall–Kier alpha value is -3.75. The maximum atomic E-state index is 13.6. The molecule has 2 amide bonds. The molecular formula is C17H15FN6O2. The molecule has 26 heavy (non-hydrogen) atoms. The third kappa shape index (κ3) is 3.83. The first-order chi connectivity index (χ1) is 12.5. The van der Waals surface area contributed by atoms with Crippen molar-refractivity contribution in [2.75, 3.05) is 16.4 Å². The SMILES string of the molecule is Nc1c(C(=O)Nc2ccccc2F)nnn1CC(=O)Nc1ccccc1. The summed E-state index contributed by atoms with van der Waals surface area (Å²) >= 11 is 0. The van der Waals surface area contributed by atoms with Gasteiger partial charge in [-0.1, -0.05) is 35.5 Å². The Labute approximate surface area is 147 Å². The first kappa shape index (κ1) is 17.1. The Balaban J connectivity index is 1.68. The normalized spacial score (nSPS) is 10.3. The van der Waals surface area contributed by atoms with E-state index >= 15 is 0 Å². The van der Waals surface area contributed by atoms with Gasteiger partial charge in [-0.3, -0.25) is 9.59 Å². The number of benzene rings is 2. The van der Waals surface area contributed by atoms with Crippen molar-refractivity contribution in [1.82, 2.24) is 15.0 Å². The number of halogens is 1. The van der Waals surface area contributed by atoms with E-state index < -0.39 is 11.7 Å². The molecule has 2 aromatic carbocycles. The van der Waals surface area contributed by atoms with Gasteiger partial charge < -0.3 is 16.4 Å². The standard InChI is InChI=1S/C17H15FN6O2/c18-12-8-4-5-9-13(12)21-17(26)15-16(19)24(23-22-15)10-14(25)20-11-6-2-1-3-7-11/h1-9H,10,19H2,(H,20,25)(H,21,26). The highest BCUT2D eigenvalue weighted by Gasteiger charge is 2.20. The fourth-order valence-corrected chi connectivity index (χ4v) is 2.20. The number of hydrogen-bond donors (Lipinski definition) is 3. The lowest BCUT2D eigenvalue weighted by molar-refractivity contribution is -0.116. The van der Waals surface area contributed by atoms with Crippen molar-refractivity contribution in [3.63, 3.8) is 0 Å². The van der Waals surface area contributed by atoms with Gasteiger partial charge in [0.1, 0.15) is 12.4 Å². The summed E-state index contributed by atoms with van der Waals surface area (Å²) < 4.78 is 14.7. The Kier molecular flexibility index (Phi) is 4.88. The Morgan fingerprint density at radius 3 is 2.46 bits per heavy atom. The van der Waals surface area contributed by atoms with Crippen molar-refractivity contribution in [2.45, 2.75) is 6.54 Å². The zero-order valence-corrected chi connectivity index (χ0v) is 13.5. The van der Waals surface area contributed by atoms with Gasteiger partial charge in [-0.15, -0.1) is 5.10 Å². The summed E-state index contributed by atoms with van der Waals surface area (Å²) in [6.45, 7) is -0.222. The lowest BCUT2D eigenvalue weighted by Gasteiger charge is -2.06. The number of aromatic nitrogens is 3. The number of anilines is 3. The molecule has 0 aliphatic heterocycles. The molecule has 9 heteroatoms. The summed E-state index contributed by atoms with van der Waals surface area (Å²) in [4.78, 5) is 24.2. The molecule has 0 aliphatic carbocycles. The molecule has 0 bridgehead atoms. The molecule has 0 aliphatic rings. The lowest BCUT2D eigenvalue weighted by atomic mass is 10.3. The van der Waals surface area contributed by atoms with Crippen molar-refractivity contribution in [3.05, 3.63) is 66.1 Å². The van der Waals surface area contributed by atoms with E-state index in [-0.39, 0.29) is 29.7 Å². The van der Waals surface area contributed by atoms with Gasteiger partial charge in [0.15, 0.2) is 11.5 Å². The zero-order chi connectivity index (χ0) is 18.5. The first-order valence-electron chi connectivity index (χ1n) is 7.64. The first-order valence-corrected chi connectivity index (χ1v) is 7.64. The number of nitrogens with zero attached hydrogens (tertiary/aromatic N) is 3. The van der Waals surface area contributed by atoms with Crippen LogP contribution in [-0.4, -0.2) is 26.8 Å². The molecule has 0 spiro atoms. The molecule has 3 aromatic rings. The van der Waals surface area contributed by atoms with Gasteiger partial charge in [0.25, 0.3) is 5.91 Å². The predicted molar refractivity (Wildman–Crippen MR) is 93.9 cm³/mol. The molecule has 0 saturated carbocycles. The van der Waals surface area contributed by atoms with Crippen molar-refractivity contribution >= 4 is 29.0 Å². The number of carbonyl (C=O) groups excluding carboxylic acids is 2. The van der Waals surface area contributed by atoms with E-state index in [1.54, 1.807) is 30.3 Å². The Morgan fingerprint density at radius 2 is 1.73 bits per heavy atom. The van der Waals surface area contributed by atoms with Crippen molar-refractivity contribution < 1.29 is 14.0 Å². The van der Waals surface area contributed by atoms with Crippen molar-refractivity contribution in [2.24, 2.45) is 0 Å². The van der Waals surface area contributed by atoms with Crippen LogP contribution in [0.2, 0.25) is 0 Å². The van der Waals surface area contributed by atoms with E-state index in [9.17, 15) is 14.0 Å². The summed E-state index contributed by atoms with van der Waals surface area (Å²) in [5.41, 5.74) is 6.26. The van der Waals surface area contributed by atoms with E-state index in [0.29, 0.717) is 5.69 Å². The second kappa shape index (κ2) is 7.43. The number of rotatable bonds is 5. The second-order valence-electron chi connectivity index (χ2n) is 5.33. The number of carbonyl (C=O) groups is 2. The van der Waals surface area contributed by atoms with E-state index in [2.05, 4.69) is 20.9 Å². The van der Waals surface area contributed by atoms with E-state index in [1.165, 1.54) is 18.2 Å². The van der Waals surface area contributed by atoms with Gasteiger partial charge in [-0.2, -0.15) is 0 Å². The maximum absolute atomic E-state index is 13.6. The summed E-state index contributed by atoms with van der Waals surface area (Å²) in [5, 5.41) is 12.4. The van der Waals surface area contributed by atoms with Gasteiger partial charge in [0.2, 0.25) is 5.91 Å². The smallest absolute Gasteiger partial charge is 0.280 e. The fraction of sp³-hybridized carbons (Fsp3) is 0.0588. The van der Waals surface area contributed by atoms with Gasteiger partial charge in [-0.25, -0.2) is 9.07 Å². The molecule has 0 unspecified atom stereocenters. The molecule has 1 heterocycles. The fourth-order valence-electron chi connectivity index (χ4n) is 2.20. The largest absolute Gasteiger partial charge is 0.382 e. The topological polar surface area (TPSA) is 115 Å². The van der Waals surface area contributed by atoms with Crippen LogP contribution in [0.15, 0.2) is 54.6 Å². The number of nitrogens with two attached hydrogens (primary N) is 1. The van der Waals surface area contributed by atoms with Crippen LogP contribution in [0.3, 0.4) is 0 Å². The summed E-state index contributed by atoms with van der Waals surface area (Å²) in [7, 11) is 0. The predicted octanol–water partition coefficient (Wildman–Crippen LogP) is 1.89. The van der Waals surface area contributed by atoms with Crippen LogP contribution in [0.25, 0.3) is 0 Å². The molecule has 0 saturated heterocycles. The molecule has 0 radical (unpaired) electrons. The van der Waals surface area contributed by atoms with E-state index in [0.717, 1.165) is 4.68 Å². The molecule has 3 rings (SSSR count). The van der Waals surface area contributed by atoms with Crippen LogP contribution >= 0.6 is 0 Å². The van der Waals surface area contributed by atoms with Crippen molar-refractivity contribution in [3.8, 4) is 0 Å². The minimum Gasteiger partial charge on any atom is -0.382 e. The molecule has 8 nitrogen and oxygen atoms in total. The number of nitrogen functional groups attached to an aromatic ring is 1. The minimum absolute atomic E-state index is 0.00623. The third-order valence-electron chi connectivity index (χ3n) is 3.46. The monoisotopic (exact) mass is 354 g/mol. The van der Waals surface area contributed by atoms with Crippen LogP contribution in [0.1, 0.15) is 10.5 Å². The second-order valence-corrected chi connectivity index (χ2v) is 5.33. The molecule has 1 aromatic heterocycles. The average Bonchev–Trinajstić information content (AvgIpc) is 2.98. The Morgan fingerprint density at radius 1 is 1.04 bits per heavy atom. The van der Waals surface area contributed by atoms with Gasteiger partial charge in [0.05, 0.1) is 5.69 Å². The van der Waals surface area contributed by atoms with Crippen LogP contribution in [0.4, 0.5) is 21.6 Å². The number of nitrogens with one attached hydrogen (secondary N) is 2. The van der Waals surface area contributed by atoms with Crippen LogP contribution < -0.4 is 16.4 Å². The molecule has 132 valence electrons. The van der Waals surface area contributed by atoms with Crippen molar-refractivity contribution in [1.29, 1.82) is 0 Å². The lowest BCUT2D eigenvalue weighted by Crippen LogP contribution is -2.21. The maximum Gasteiger partial charge on any atom is 0.280 e. The average molecular weight is 354 g/mol. The zero-order valence-electron chi connectivity index (χ0n) is 13.5. The number of amides is 2. The van der Waals surface area contributed by atoms with Gasteiger partial charge >= 0.3 is 0 Å². The molecule has 4 N–H and O–H groups in total. The van der Waals surface area contributed by atoms with Crippen LogP contribution in [0, 0.1) is 5.82 Å². The Bertz CT molecular complexity index is 941. The molecular weight excluding hydrogens is 339 g/mol. The minimum atomic E-state index is -0.720. The van der Waals surface area contributed by atoms with Crippen LogP contribution in [-0.2, 0) is 11.3 Å². The quantitative estimate of drug-likeness (QED) is 0.647. The number of para-hydroxylation sites is 2. The van der Waals surface area contributed by atoms with Crippen LogP contribution in [0.5, 0.6) is 0 Å². The number of hydrogen-bond acceptors (Lipinski definition) is 5. The third-order valence-corrected chi connectivity index (χ3v) is 3.46. The summed E-state index contributed by atoms with van der Waals surface area (Å²) in [5.74, 6) is -1.78. The van der Waals surface area contributed by atoms with Gasteiger partial charge in [0, 0.05) is 5.69 Å². The van der Waals surface area contributed by atoms with E-state index in [1.807, 2.05) is 6.07 Å². The molecule has 0 fully saturated rings. The van der Waals surface area contributed by atoms with E-state index in [4.69, 9.17) is 5.73 Å². The summed E-state index contributed by atoms with van der Waals surface area (Å²) in [6, 6.07) is 14.5.